The van der Waals surface area contributed by atoms with Crippen LogP contribution in [0.25, 0.3) is 5.65 Å². The van der Waals surface area contributed by atoms with Gasteiger partial charge in [0.05, 0.1) is 0 Å². The Morgan fingerprint density at radius 1 is 1.35 bits per heavy atom. The summed E-state index contributed by atoms with van der Waals surface area (Å²) in [4.78, 5) is 4.49. The average molecular weight is 232 g/mol. The van der Waals surface area contributed by atoms with Gasteiger partial charge in [0.15, 0.2) is 5.65 Å². The van der Waals surface area contributed by atoms with E-state index in [-0.39, 0.29) is 0 Å². The van der Waals surface area contributed by atoms with Crippen LogP contribution in [0, 0.1) is 12.8 Å². The maximum absolute atomic E-state index is 4.49. The quantitative estimate of drug-likeness (QED) is 0.862. The van der Waals surface area contributed by atoms with Crippen LogP contribution in [0.3, 0.4) is 0 Å². The first-order valence-electron chi connectivity index (χ1n) is 6.30. The van der Waals surface area contributed by atoms with Gasteiger partial charge in [-0.25, -0.2) is 4.52 Å². The number of pyridine rings is 1. The van der Waals surface area contributed by atoms with E-state index in [1.807, 2.05) is 16.8 Å². The second-order valence-corrected chi connectivity index (χ2v) is 4.46. The van der Waals surface area contributed by atoms with Gasteiger partial charge in [-0.2, -0.15) is 4.98 Å². The van der Waals surface area contributed by atoms with E-state index in [0.29, 0.717) is 5.92 Å². The topological polar surface area (TPSA) is 42.2 Å². The number of nitrogens with zero attached hydrogens (tertiary/aromatic N) is 3. The molecule has 2 aromatic rings. The van der Waals surface area contributed by atoms with Crippen molar-refractivity contribution in [1.29, 1.82) is 0 Å². The number of nitrogens with one attached hydrogen (secondary N) is 1. The molecule has 2 aromatic heterocycles. The van der Waals surface area contributed by atoms with Crippen molar-refractivity contribution in [2.24, 2.45) is 5.92 Å². The Bertz CT molecular complexity index is 485. The van der Waals surface area contributed by atoms with E-state index in [1.165, 1.54) is 12.8 Å². The summed E-state index contributed by atoms with van der Waals surface area (Å²) in [5.41, 5.74) is 2.08. The molecule has 92 valence electrons. The van der Waals surface area contributed by atoms with Crippen molar-refractivity contribution >= 4 is 11.6 Å². The van der Waals surface area contributed by atoms with Crippen molar-refractivity contribution in [3.8, 4) is 0 Å². The van der Waals surface area contributed by atoms with E-state index >= 15 is 0 Å². The summed E-state index contributed by atoms with van der Waals surface area (Å²) in [7, 11) is 0. The number of hydrogen-bond donors (Lipinski definition) is 1. The summed E-state index contributed by atoms with van der Waals surface area (Å²) < 4.78 is 1.82. The highest BCUT2D eigenvalue weighted by atomic mass is 15.3. The molecule has 0 saturated heterocycles. The fourth-order valence-electron chi connectivity index (χ4n) is 1.93. The van der Waals surface area contributed by atoms with Gasteiger partial charge in [0.1, 0.15) is 0 Å². The van der Waals surface area contributed by atoms with E-state index in [1.54, 1.807) is 0 Å². The minimum atomic E-state index is 0.697. The van der Waals surface area contributed by atoms with E-state index in [2.05, 4.69) is 42.2 Å². The van der Waals surface area contributed by atoms with Gasteiger partial charge in [-0.3, -0.25) is 0 Å². The number of fused-ring (bicyclic) bond motifs is 1. The zero-order chi connectivity index (χ0) is 12.3. The van der Waals surface area contributed by atoms with Crippen molar-refractivity contribution in [1.82, 2.24) is 14.6 Å². The van der Waals surface area contributed by atoms with E-state index in [0.717, 1.165) is 23.7 Å². The Kier molecular flexibility index (Phi) is 3.61. The molecule has 0 aliphatic carbocycles. The largest absolute Gasteiger partial charge is 0.353 e. The summed E-state index contributed by atoms with van der Waals surface area (Å²) in [5, 5.41) is 7.73. The van der Waals surface area contributed by atoms with Crippen LogP contribution in [-0.4, -0.2) is 21.1 Å². The molecule has 4 nitrogen and oxygen atoms in total. The minimum Gasteiger partial charge on any atom is -0.353 e. The van der Waals surface area contributed by atoms with Crippen LogP contribution in [0.5, 0.6) is 0 Å². The van der Waals surface area contributed by atoms with E-state index in [9.17, 15) is 0 Å². The molecule has 0 bridgehead atoms. The minimum absolute atomic E-state index is 0.697. The Hall–Kier alpha value is -1.58. The van der Waals surface area contributed by atoms with Gasteiger partial charge in [-0.1, -0.05) is 32.8 Å². The molecule has 0 fully saturated rings. The zero-order valence-corrected chi connectivity index (χ0v) is 10.8. The molecule has 0 amide bonds. The standard InChI is InChI=1S/C13H20N4/c1-4-11(5-2)9-14-13-15-12-10(3)7-6-8-17(12)16-13/h6-8,11H,4-5,9H2,1-3H3,(H,14,16). The van der Waals surface area contributed by atoms with Crippen LogP contribution in [0.1, 0.15) is 32.3 Å². The Labute approximate surface area is 102 Å². The third kappa shape index (κ3) is 2.57. The molecular weight excluding hydrogens is 212 g/mol. The molecule has 0 aliphatic heterocycles. The highest BCUT2D eigenvalue weighted by molar-refractivity contribution is 5.49. The fraction of sp³-hybridized carbons (Fsp3) is 0.538. The molecule has 0 spiro atoms. The smallest absolute Gasteiger partial charge is 0.243 e. The number of rotatable bonds is 5. The van der Waals surface area contributed by atoms with Gasteiger partial charge in [0.2, 0.25) is 5.95 Å². The lowest BCUT2D eigenvalue weighted by Gasteiger charge is -2.11. The molecule has 1 N–H and O–H groups in total. The molecule has 2 rings (SSSR count). The first kappa shape index (κ1) is 11.9. The van der Waals surface area contributed by atoms with E-state index in [4.69, 9.17) is 0 Å². The van der Waals surface area contributed by atoms with Crippen molar-refractivity contribution in [3.05, 3.63) is 23.9 Å². The zero-order valence-electron chi connectivity index (χ0n) is 10.8. The first-order chi connectivity index (χ1) is 8.24. The van der Waals surface area contributed by atoms with Crippen LogP contribution in [0.2, 0.25) is 0 Å². The van der Waals surface area contributed by atoms with Crippen molar-refractivity contribution in [2.75, 3.05) is 11.9 Å². The molecule has 0 radical (unpaired) electrons. The third-order valence-corrected chi connectivity index (χ3v) is 3.26. The predicted molar refractivity (Wildman–Crippen MR) is 70.3 cm³/mol. The summed E-state index contributed by atoms with van der Waals surface area (Å²) >= 11 is 0. The molecule has 0 unspecified atom stereocenters. The number of aromatic nitrogens is 3. The van der Waals surface area contributed by atoms with Crippen LogP contribution in [-0.2, 0) is 0 Å². The van der Waals surface area contributed by atoms with Crippen molar-refractivity contribution in [3.63, 3.8) is 0 Å². The number of hydrogen-bond acceptors (Lipinski definition) is 3. The maximum Gasteiger partial charge on any atom is 0.243 e. The molecule has 4 heteroatoms. The van der Waals surface area contributed by atoms with Crippen LogP contribution in [0.4, 0.5) is 5.95 Å². The number of anilines is 1. The molecular formula is C13H20N4. The second-order valence-electron chi connectivity index (χ2n) is 4.46. The Morgan fingerprint density at radius 2 is 2.12 bits per heavy atom. The van der Waals surface area contributed by atoms with Gasteiger partial charge in [-0.15, -0.1) is 5.10 Å². The predicted octanol–water partition coefficient (Wildman–Crippen LogP) is 2.89. The SMILES string of the molecule is CCC(CC)CNc1nc2c(C)cccn2n1. The monoisotopic (exact) mass is 232 g/mol. The van der Waals surface area contributed by atoms with Crippen LogP contribution >= 0.6 is 0 Å². The Balaban J connectivity index is 2.12. The average Bonchev–Trinajstić information content (AvgIpc) is 2.75. The lowest BCUT2D eigenvalue weighted by molar-refractivity contribution is 0.517. The lowest BCUT2D eigenvalue weighted by Crippen LogP contribution is -2.13. The van der Waals surface area contributed by atoms with Gasteiger partial charge < -0.3 is 5.32 Å². The van der Waals surface area contributed by atoms with Crippen LogP contribution in [0.15, 0.2) is 18.3 Å². The fourth-order valence-corrected chi connectivity index (χ4v) is 1.93. The molecule has 0 saturated carbocycles. The molecule has 0 atom stereocenters. The summed E-state index contributed by atoms with van der Waals surface area (Å²) in [6.07, 6.45) is 4.31. The highest BCUT2D eigenvalue weighted by Gasteiger charge is 2.07. The molecule has 0 aliphatic rings. The molecule has 2 heterocycles. The van der Waals surface area contributed by atoms with Gasteiger partial charge >= 0.3 is 0 Å². The highest BCUT2D eigenvalue weighted by Crippen LogP contribution is 2.12. The summed E-state index contributed by atoms with van der Waals surface area (Å²) in [6.45, 7) is 7.44. The van der Waals surface area contributed by atoms with Gasteiger partial charge in [-0.05, 0) is 24.5 Å². The van der Waals surface area contributed by atoms with Crippen LogP contribution < -0.4 is 5.32 Å². The van der Waals surface area contributed by atoms with Crippen molar-refractivity contribution < 1.29 is 0 Å². The molecule has 0 aromatic carbocycles. The Morgan fingerprint density at radius 3 is 2.76 bits per heavy atom. The molecule has 17 heavy (non-hydrogen) atoms. The second kappa shape index (κ2) is 5.17. The number of aryl methyl sites for hydroxylation is 1. The maximum atomic E-state index is 4.49. The lowest BCUT2D eigenvalue weighted by atomic mass is 10.0. The van der Waals surface area contributed by atoms with Gasteiger partial charge in [0, 0.05) is 12.7 Å². The summed E-state index contributed by atoms with van der Waals surface area (Å²) in [6, 6.07) is 4.04. The third-order valence-electron chi connectivity index (χ3n) is 3.26. The van der Waals surface area contributed by atoms with Crippen molar-refractivity contribution in [2.45, 2.75) is 33.6 Å². The van der Waals surface area contributed by atoms with Gasteiger partial charge in [0.25, 0.3) is 0 Å². The first-order valence-corrected chi connectivity index (χ1v) is 6.30. The normalized spacial score (nSPS) is 11.3. The summed E-state index contributed by atoms with van der Waals surface area (Å²) in [5.74, 6) is 1.42. The van der Waals surface area contributed by atoms with E-state index < -0.39 is 0 Å².